The van der Waals surface area contributed by atoms with Gasteiger partial charge in [-0.1, -0.05) is 0 Å². The number of aryl methyl sites for hydroxylation is 1. The molecule has 0 saturated carbocycles. The molecule has 2 N–H and O–H groups in total. The van der Waals surface area contributed by atoms with Crippen LogP contribution >= 0.6 is 0 Å². The molecule has 7 heteroatoms. The van der Waals surface area contributed by atoms with Crippen molar-refractivity contribution in [2.75, 3.05) is 42.5 Å². The molecule has 2 fully saturated rings. The van der Waals surface area contributed by atoms with Crippen molar-refractivity contribution in [2.45, 2.75) is 51.5 Å². The van der Waals surface area contributed by atoms with Crippen molar-refractivity contribution in [1.82, 2.24) is 25.5 Å². The standard InChI is InChI=1S/C20H31N7/c1-16-13-19(25-20(24-16)27-9-3-2-4-10-27)26-11-6-18(7-12-26)21-8-5-17-14-22-23-15-17/h13-15,18,21H,2-12H2,1H3,(H,22,23). The van der Waals surface area contributed by atoms with Gasteiger partial charge in [0.25, 0.3) is 0 Å². The summed E-state index contributed by atoms with van der Waals surface area (Å²) in [5.41, 5.74) is 2.34. The van der Waals surface area contributed by atoms with Gasteiger partial charge in [0.2, 0.25) is 5.95 Å². The Balaban J connectivity index is 1.30. The quantitative estimate of drug-likeness (QED) is 0.814. The number of nitrogens with one attached hydrogen (secondary N) is 2. The number of aromatic nitrogens is 4. The van der Waals surface area contributed by atoms with Crippen LogP contribution in [-0.2, 0) is 6.42 Å². The van der Waals surface area contributed by atoms with E-state index in [9.17, 15) is 0 Å². The lowest BCUT2D eigenvalue weighted by Crippen LogP contribution is -2.43. The number of hydrogen-bond acceptors (Lipinski definition) is 6. The summed E-state index contributed by atoms with van der Waals surface area (Å²) in [6, 6.07) is 2.73. The van der Waals surface area contributed by atoms with Crippen LogP contribution in [0.4, 0.5) is 11.8 Å². The molecule has 27 heavy (non-hydrogen) atoms. The predicted molar refractivity (Wildman–Crippen MR) is 108 cm³/mol. The van der Waals surface area contributed by atoms with Gasteiger partial charge in [-0.2, -0.15) is 10.1 Å². The second-order valence-corrected chi connectivity index (χ2v) is 7.79. The van der Waals surface area contributed by atoms with Crippen molar-refractivity contribution in [3.05, 3.63) is 29.7 Å². The summed E-state index contributed by atoms with van der Waals surface area (Å²) in [4.78, 5) is 14.4. The molecular formula is C20H31N7. The van der Waals surface area contributed by atoms with Gasteiger partial charge in [-0.3, -0.25) is 5.10 Å². The summed E-state index contributed by atoms with van der Waals surface area (Å²) >= 11 is 0. The Hall–Kier alpha value is -2.15. The third-order valence-corrected chi connectivity index (χ3v) is 5.69. The Morgan fingerprint density at radius 2 is 1.89 bits per heavy atom. The molecule has 2 saturated heterocycles. The molecule has 4 heterocycles. The summed E-state index contributed by atoms with van der Waals surface area (Å²) < 4.78 is 0. The van der Waals surface area contributed by atoms with Gasteiger partial charge in [-0.25, -0.2) is 4.98 Å². The van der Waals surface area contributed by atoms with Crippen LogP contribution in [-0.4, -0.2) is 58.9 Å². The van der Waals surface area contributed by atoms with Crippen molar-refractivity contribution < 1.29 is 0 Å². The lowest BCUT2D eigenvalue weighted by Gasteiger charge is -2.34. The first-order valence-electron chi connectivity index (χ1n) is 10.3. The number of aromatic amines is 1. The molecule has 0 aromatic carbocycles. The average molecular weight is 370 g/mol. The van der Waals surface area contributed by atoms with Gasteiger partial charge in [0.05, 0.1) is 6.20 Å². The number of hydrogen-bond donors (Lipinski definition) is 2. The number of anilines is 2. The number of nitrogens with zero attached hydrogens (tertiary/aromatic N) is 5. The van der Waals surface area contributed by atoms with Crippen LogP contribution in [0.25, 0.3) is 0 Å². The van der Waals surface area contributed by atoms with Crippen LogP contribution in [0.15, 0.2) is 18.5 Å². The highest BCUT2D eigenvalue weighted by molar-refractivity contribution is 5.46. The minimum Gasteiger partial charge on any atom is -0.356 e. The van der Waals surface area contributed by atoms with Crippen LogP contribution in [0.1, 0.15) is 43.4 Å². The monoisotopic (exact) mass is 369 g/mol. The Bertz CT molecular complexity index is 701. The molecule has 0 spiro atoms. The lowest BCUT2D eigenvalue weighted by molar-refractivity contribution is 0.416. The molecule has 2 aliphatic heterocycles. The smallest absolute Gasteiger partial charge is 0.227 e. The molecule has 0 radical (unpaired) electrons. The van der Waals surface area contributed by atoms with Gasteiger partial charge in [0.15, 0.2) is 0 Å². The summed E-state index contributed by atoms with van der Waals surface area (Å²) in [5.74, 6) is 2.02. The third-order valence-electron chi connectivity index (χ3n) is 5.69. The van der Waals surface area contributed by atoms with E-state index < -0.39 is 0 Å². The highest BCUT2D eigenvalue weighted by atomic mass is 15.3. The second kappa shape index (κ2) is 8.69. The Morgan fingerprint density at radius 3 is 2.63 bits per heavy atom. The molecule has 0 amide bonds. The zero-order valence-electron chi connectivity index (χ0n) is 16.3. The predicted octanol–water partition coefficient (Wildman–Crippen LogP) is 2.30. The van der Waals surface area contributed by atoms with E-state index >= 15 is 0 Å². The Kier molecular flexibility index (Phi) is 5.87. The minimum absolute atomic E-state index is 0.595. The number of piperidine rings is 2. The third kappa shape index (κ3) is 4.77. The number of H-pyrrole nitrogens is 1. The molecule has 0 atom stereocenters. The van der Waals surface area contributed by atoms with Gasteiger partial charge in [-0.05, 0) is 57.6 Å². The fourth-order valence-corrected chi connectivity index (χ4v) is 4.08. The van der Waals surface area contributed by atoms with Gasteiger partial charge in [0, 0.05) is 50.2 Å². The molecule has 146 valence electrons. The van der Waals surface area contributed by atoms with Crippen molar-refractivity contribution >= 4 is 11.8 Å². The first kappa shape index (κ1) is 18.2. The summed E-state index contributed by atoms with van der Waals surface area (Å²) in [5, 5.41) is 10.6. The van der Waals surface area contributed by atoms with Crippen molar-refractivity contribution in [3.8, 4) is 0 Å². The molecule has 4 rings (SSSR count). The molecule has 0 unspecified atom stereocenters. The van der Waals surface area contributed by atoms with Crippen LogP contribution in [0.5, 0.6) is 0 Å². The second-order valence-electron chi connectivity index (χ2n) is 7.79. The maximum absolute atomic E-state index is 4.91. The van der Waals surface area contributed by atoms with E-state index in [-0.39, 0.29) is 0 Å². The fourth-order valence-electron chi connectivity index (χ4n) is 4.08. The molecule has 2 aromatic rings. The zero-order chi connectivity index (χ0) is 18.5. The average Bonchev–Trinajstić information content (AvgIpc) is 3.22. The van der Waals surface area contributed by atoms with Crippen LogP contribution < -0.4 is 15.1 Å². The first-order chi connectivity index (χ1) is 13.3. The maximum Gasteiger partial charge on any atom is 0.227 e. The van der Waals surface area contributed by atoms with Crippen LogP contribution in [0.3, 0.4) is 0 Å². The van der Waals surface area contributed by atoms with Crippen molar-refractivity contribution in [1.29, 1.82) is 0 Å². The molecule has 2 aromatic heterocycles. The van der Waals surface area contributed by atoms with E-state index in [1.165, 1.54) is 24.8 Å². The topological polar surface area (TPSA) is 73.0 Å². The largest absolute Gasteiger partial charge is 0.356 e. The van der Waals surface area contributed by atoms with E-state index in [1.807, 2.05) is 12.4 Å². The molecule has 0 aliphatic carbocycles. The number of rotatable bonds is 6. The fraction of sp³-hybridized carbons (Fsp3) is 0.650. The van der Waals surface area contributed by atoms with E-state index in [0.29, 0.717) is 6.04 Å². The van der Waals surface area contributed by atoms with Gasteiger partial charge in [0.1, 0.15) is 5.82 Å². The van der Waals surface area contributed by atoms with Gasteiger partial charge in [-0.15, -0.1) is 0 Å². The highest BCUT2D eigenvalue weighted by Gasteiger charge is 2.22. The Labute approximate surface area is 161 Å². The van der Waals surface area contributed by atoms with Crippen LogP contribution in [0, 0.1) is 6.92 Å². The molecule has 2 aliphatic rings. The lowest BCUT2D eigenvalue weighted by atomic mass is 10.0. The van der Waals surface area contributed by atoms with Gasteiger partial charge < -0.3 is 15.1 Å². The SMILES string of the molecule is Cc1cc(N2CCC(NCCc3cn[nH]c3)CC2)nc(N2CCCCC2)n1. The summed E-state index contributed by atoms with van der Waals surface area (Å²) in [7, 11) is 0. The normalized spacial score (nSPS) is 18.9. The van der Waals surface area contributed by atoms with E-state index in [2.05, 4.69) is 38.3 Å². The van der Waals surface area contributed by atoms with E-state index in [1.54, 1.807) is 0 Å². The minimum atomic E-state index is 0.595. The highest BCUT2D eigenvalue weighted by Crippen LogP contribution is 2.23. The zero-order valence-corrected chi connectivity index (χ0v) is 16.3. The van der Waals surface area contributed by atoms with E-state index in [4.69, 9.17) is 9.97 Å². The maximum atomic E-state index is 4.91. The van der Waals surface area contributed by atoms with Crippen LogP contribution in [0.2, 0.25) is 0 Å². The van der Waals surface area contributed by atoms with Crippen molar-refractivity contribution in [3.63, 3.8) is 0 Å². The molecule has 0 bridgehead atoms. The van der Waals surface area contributed by atoms with Gasteiger partial charge >= 0.3 is 0 Å². The summed E-state index contributed by atoms with van der Waals surface area (Å²) in [6.07, 6.45) is 11.1. The summed E-state index contributed by atoms with van der Waals surface area (Å²) in [6.45, 7) is 7.38. The first-order valence-corrected chi connectivity index (χ1v) is 10.3. The van der Waals surface area contributed by atoms with E-state index in [0.717, 1.165) is 69.4 Å². The molecular weight excluding hydrogens is 338 g/mol. The Morgan fingerprint density at radius 1 is 1.07 bits per heavy atom. The molecule has 7 nitrogen and oxygen atoms in total. The van der Waals surface area contributed by atoms with Crippen molar-refractivity contribution in [2.24, 2.45) is 0 Å².